The fraction of sp³-hybridized carbons (Fsp3) is 0.333. The van der Waals surface area contributed by atoms with Gasteiger partial charge in [0.05, 0.1) is 17.2 Å². The summed E-state index contributed by atoms with van der Waals surface area (Å²) in [7, 11) is 1.11. The van der Waals surface area contributed by atoms with Crippen molar-refractivity contribution in [3.63, 3.8) is 0 Å². The van der Waals surface area contributed by atoms with Crippen LogP contribution in [0.5, 0.6) is 5.75 Å². The number of aromatic nitrogens is 1. The smallest absolute Gasteiger partial charge is 0.469 e. The predicted octanol–water partition coefficient (Wildman–Crippen LogP) is 1.59. The molecule has 9 heteroatoms. The maximum absolute atomic E-state index is 12.0. The summed E-state index contributed by atoms with van der Waals surface area (Å²) in [6.45, 7) is 0. The van der Waals surface area contributed by atoms with Crippen molar-refractivity contribution in [3.05, 3.63) is 25.7 Å². The number of esters is 1. The van der Waals surface area contributed by atoms with Crippen molar-refractivity contribution in [1.29, 1.82) is 0 Å². The number of hydrogen-bond acceptors (Lipinski definition) is 4. The van der Waals surface area contributed by atoms with Crippen molar-refractivity contribution in [2.75, 3.05) is 7.11 Å². The molecule has 0 aliphatic rings. The number of carbonyl (C=O) groups excluding carboxylic acids is 1. The highest BCUT2D eigenvalue weighted by molar-refractivity contribution is 14.1. The molecule has 0 saturated heterocycles. The maximum Gasteiger partial charge on any atom is 0.573 e. The molecule has 0 amide bonds. The van der Waals surface area contributed by atoms with E-state index in [4.69, 9.17) is 0 Å². The van der Waals surface area contributed by atoms with E-state index in [2.05, 4.69) is 14.5 Å². The molecule has 0 atom stereocenters. The summed E-state index contributed by atoms with van der Waals surface area (Å²) in [5.41, 5.74) is -1.13. The monoisotopic (exact) mass is 377 g/mol. The molecule has 0 aliphatic heterocycles. The molecule has 18 heavy (non-hydrogen) atoms. The molecule has 5 nitrogen and oxygen atoms in total. The zero-order valence-corrected chi connectivity index (χ0v) is 11.1. The largest absolute Gasteiger partial charge is 0.573 e. The van der Waals surface area contributed by atoms with Crippen LogP contribution in [0.15, 0.2) is 11.0 Å². The second kappa shape index (κ2) is 5.59. The molecule has 0 aliphatic carbocycles. The molecule has 0 aromatic carbocycles. The van der Waals surface area contributed by atoms with Crippen LogP contribution >= 0.6 is 22.6 Å². The second-order valence-corrected chi connectivity index (χ2v) is 4.15. The second-order valence-electron chi connectivity index (χ2n) is 3.08. The number of halogens is 4. The van der Waals surface area contributed by atoms with Crippen molar-refractivity contribution < 1.29 is 27.4 Å². The molecular weight excluding hydrogens is 370 g/mol. The van der Waals surface area contributed by atoms with Gasteiger partial charge in [0.2, 0.25) is 5.43 Å². The van der Waals surface area contributed by atoms with Gasteiger partial charge in [0.25, 0.3) is 0 Å². The van der Waals surface area contributed by atoms with E-state index in [9.17, 15) is 22.8 Å². The number of alkyl halides is 3. The molecule has 1 aromatic rings. The number of carbonyl (C=O) groups is 1. The van der Waals surface area contributed by atoms with E-state index in [0.717, 1.165) is 13.3 Å². The summed E-state index contributed by atoms with van der Waals surface area (Å²) < 4.78 is 44.2. The third-order valence-electron chi connectivity index (χ3n) is 1.87. The van der Waals surface area contributed by atoms with Gasteiger partial charge in [-0.2, -0.15) is 0 Å². The number of rotatable bonds is 3. The molecule has 1 N–H and O–H groups in total. The summed E-state index contributed by atoms with van der Waals surface area (Å²) >= 11 is 1.69. The summed E-state index contributed by atoms with van der Waals surface area (Å²) in [6.07, 6.45) is -4.61. The molecule has 0 bridgehead atoms. The van der Waals surface area contributed by atoms with Gasteiger partial charge in [-0.15, -0.1) is 13.2 Å². The van der Waals surface area contributed by atoms with Gasteiger partial charge >= 0.3 is 12.3 Å². The van der Waals surface area contributed by atoms with Gasteiger partial charge in [-0.3, -0.25) is 9.59 Å². The van der Waals surface area contributed by atoms with E-state index in [1.165, 1.54) is 0 Å². The van der Waals surface area contributed by atoms with Gasteiger partial charge in [0.1, 0.15) is 0 Å². The van der Waals surface area contributed by atoms with Gasteiger partial charge in [0.15, 0.2) is 5.75 Å². The molecule has 100 valence electrons. The molecular formula is C9H7F3INO4. The SMILES string of the molecule is COC(=O)Cc1c(I)[nH]cc(OC(F)(F)F)c1=O. The fourth-order valence-corrected chi connectivity index (χ4v) is 1.70. The molecule has 1 rings (SSSR count). The highest BCUT2D eigenvalue weighted by Crippen LogP contribution is 2.20. The average Bonchev–Trinajstić information content (AvgIpc) is 2.26. The Hall–Kier alpha value is -1.26. The number of hydrogen-bond donors (Lipinski definition) is 1. The number of nitrogens with one attached hydrogen (secondary N) is 1. The lowest BCUT2D eigenvalue weighted by molar-refractivity contribution is -0.275. The van der Waals surface area contributed by atoms with E-state index < -0.39 is 29.9 Å². The van der Waals surface area contributed by atoms with Crippen LogP contribution in [0.4, 0.5) is 13.2 Å². The Morgan fingerprint density at radius 3 is 2.61 bits per heavy atom. The van der Waals surface area contributed by atoms with Crippen LogP contribution in [-0.4, -0.2) is 24.4 Å². The van der Waals surface area contributed by atoms with Crippen LogP contribution in [0.2, 0.25) is 0 Å². The van der Waals surface area contributed by atoms with Crippen LogP contribution in [0.1, 0.15) is 5.56 Å². The Morgan fingerprint density at radius 1 is 1.50 bits per heavy atom. The number of H-pyrrole nitrogens is 1. The van der Waals surface area contributed by atoms with Crippen LogP contribution in [-0.2, 0) is 16.0 Å². The van der Waals surface area contributed by atoms with Crippen LogP contribution in [0, 0.1) is 3.70 Å². The van der Waals surface area contributed by atoms with E-state index in [-0.39, 0.29) is 9.26 Å². The fourth-order valence-electron chi connectivity index (χ4n) is 1.10. The highest BCUT2D eigenvalue weighted by atomic mass is 127. The Morgan fingerprint density at radius 2 is 2.11 bits per heavy atom. The van der Waals surface area contributed by atoms with Crippen molar-refractivity contribution in [2.24, 2.45) is 0 Å². The Kier molecular flexibility index (Phi) is 4.59. The average molecular weight is 377 g/mol. The molecule has 0 unspecified atom stereocenters. The third-order valence-corrected chi connectivity index (χ3v) is 2.83. The summed E-state index contributed by atoms with van der Waals surface area (Å²) in [5.74, 6) is -1.65. The van der Waals surface area contributed by atoms with E-state index >= 15 is 0 Å². The third kappa shape index (κ3) is 3.89. The van der Waals surface area contributed by atoms with Crippen LogP contribution in [0.3, 0.4) is 0 Å². The lowest BCUT2D eigenvalue weighted by atomic mass is 10.2. The Balaban J connectivity index is 3.15. The van der Waals surface area contributed by atoms with Crippen molar-refractivity contribution in [3.8, 4) is 5.75 Å². The lowest BCUT2D eigenvalue weighted by Crippen LogP contribution is -2.25. The van der Waals surface area contributed by atoms with Gasteiger partial charge in [0, 0.05) is 11.8 Å². The highest BCUT2D eigenvalue weighted by Gasteiger charge is 2.33. The standard InChI is InChI=1S/C9H7F3INO4/c1-17-6(15)2-4-7(16)5(3-14-8(4)13)18-9(10,11)12/h3H,2H2,1H3,(H,14,16). The van der Waals surface area contributed by atoms with E-state index in [1.807, 2.05) is 0 Å². The maximum atomic E-state index is 12.0. The van der Waals surface area contributed by atoms with Crippen molar-refractivity contribution in [2.45, 2.75) is 12.8 Å². The minimum Gasteiger partial charge on any atom is -0.469 e. The van der Waals surface area contributed by atoms with Gasteiger partial charge in [-0.05, 0) is 22.6 Å². The Bertz CT molecular complexity index is 512. The molecule has 0 radical (unpaired) electrons. The predicted molar refractivity (Wildman–Crippen MR) is 62.2 cm³/mol. The lowest BCUT2D eigenvalue weighted by Gasteiger charge is -2.10. The topological polar surface area (TPSA) is 68.4 Å². The molecule has 0 spiro atoms. The quantitative estimate of drug-likeness (QED) is 0.494. The first kappa shape index (κ1) is 14.8. The zero-order chi connectivity index (χ0) is 13.9. The van der Waals surface area contributed by atoms with E-state index in [0.29, 0.717) is 0 Å². The number of ether oxygens (including phenoxy) is 2. The Labute approximate surface area is 112 Å². The van der Waals surface area contributed by atoms with E-state index in [1.54, 1.807) is 22.6 Å². The van der Waals surface area contributed by atoms with Gasteiger partial charge < -0.3 is 14.5 Å². The number of aromatic amines is 1. The van der Waals surface area contributed by atoms with Gasteiger partial charge in [-0.1, -0.05) is 0 Å². The minimum absolute atomic E-state index is 0.135. The normalized spacial score (nSPS) is 11.2. The number of methoxy groups -OCH3 is 1. The molecule has 1 aromatic heterocycles. The summed E-state index contributed by atoms with van der Waals surface area (Å²) in [4.78, 5) is 25.1. The van der Waals surface area contributed by atoms with Gasteiger partial charge in [-0.25, -0.2) is 0 Å². The zero-order valence-electron chi connectivity index (χ0n) is 8.93. The summed E-state index contributed by atoms with van der Waals surface area (Å²) in [6, 6.07) is 0. The number of pyridine rings is 1. The summed E-state index contributed by atoms with van der Waals surface area (Å²) in [5, 5.41) is 0. The van der Waals surface area contributed by atoms with Crippen molar-refractivity contribution >= 4 is 28.6 Å². The molecule has 0 fully saturated rings. The molecule has 0 saturated carbocycles. The van der Waals surface area contributed by atoms with Crippen molar-refractivity contribution in [1.82, 2.24) is 4.98 Å². The van der Waals surface area contributed by atoms with Crippen LogP contribution < -0.4 is 10.2 Å². The van der Waals surface area contributed by atoms with Crippen LogP contribution in [0.25, 0.3) is 0 Å². The first-order valence-corrected chi connectivity index (χ1v) is 5.55. The minimum atomic E-state index is -4.97. The first-order chi connectivity index (χ1) is 8.24. The first-order valence-electron chi connectivity index (χ1n) is 4.47. The molecule has 1 heterocycles.